The van der Waals surface area contributed by atoms with Crippen molar-refractivity contribution in [2.45, 2.75) is 71.6 Å². The Bertz CT molecular complexity index is 409. The van der Waals surface area contributed by atoms with E-state index in [1.807, 2.05) is 31.2 Å². The van der Waals surface area contributed by atoms with Gasteiger partial charge in [0, 0.05) is 0 Å². The summed E-state index contributed by atoms with van der Waals surface area (Å²) in [7, 11) is 0. The highest BCUT2D eigenvalue weighted by Crippen LogP contribution is 2.10. The van der Waals surface area contributed by atoms with E-state index in [1.165, 1.54) is 44.9 Å². The van der Waals surface area contributed by atoms with Crippen LogP contribution in [-0.2, 0) is 6.42 Å². The number of hydrogen-bond donors (Lipinski definition) is 0. The van der Waals surface area contributed by atoms with Crippen molar-refractivity contribution in [2.75, 3.05) is 0 Å². The summed E-state index contributed by atoms with van der Waals surface area (Å²) in [6, 6.07) is 7.82. The first-order valence-electron chi connectivity index (χ1n) is 7.84. The minimum Gasteiger partial charge on any atom is -0.289 e. The van der Waals surface area contributed by atoms with Gasteiger partial charge in [0.05, 0.1) is 0 Å². The topological polar surface area (TPSA) is 17.1 Å². The van der Waals surface area contributed by atoms with Crippen LogP contribution >= 0.6 is 0 Å². The second kappa shape index (κ2) is 9.77. The van der Waals surface area contributed by atoms with E-state index in [0.717, 1.165) is 24.0 Å². The van der Waals surface area contributed by atoms with Crippen molar-refractivity contribution in [3.63, 3.8) is 0 Å². The lowest BCUT2D eigenvalue weighted by Crippen LogP contribution is -2.08. The van der Waals surface area contributed by atoms with E-state index in [-0.39, 0.29) is 5.43 Å². The lowest BCUT2D eigenvalue weighted by Gasteiger charge is -2.01. The van der Waals surface area contributed by atoms with Gasteiger partial charge in [-0.3, -0.25) is 4.79 Å². The first-order chi connectivity index (χ1) is 9.25. The third-order valence-corrected chi connectivity index (χ3v) is 3.70. The zero-order chi connectivity index (χ0) is 13.9. The highest BCUT2D eigenvalue weighted by atomic mass is 16.1. The molecule has 0 aromatic heterocycles. The second-order valence-corrected chi connectivity index (χ2v) is 5.48. The van der Waals surface area contributed by atoms with Gasteiger partial charge in [0.2, 0.25) is 0 Å². The van der Waals surface area contributed by atoms with Crippen molar-refractivity contribution in [2.24, 2.45) is 0 Å². The molecule has 0 amide bonds. The summed E-state index contributed by atoms with van der Waals surface area (Å²) in [5, 5.41) is 0. The predicted octanol–water partition coefficient (Wildman–Crippen LogP) is 5.04. The summed E-state index contributed by atoms with van der Waals surface area (Å²) in [4.78, 5) is 12.0. The van der Waals surface area contributed by atoms with Gasteiger partial charge in [0.25, 0.3) is 0 Å². The largest absolute Gasteiger partial charge is 0.289 e. The molecule has 0 aliphatic heterocycles. The van der Waals surface area contributed by atoms with Crippen molar-refractivity contribution in [3.05, 3.63) is 45.6 Å². The summed E-state index contributed by atoms with van der Waals surface area (Å²) in [6.07, 6.45) is 11.5. The van der Waals surface area contributed by atoms with E-state index in [9.17, 15) is 4.79 Å². The molecule has 0 saturated carbocycles. The van der Waals surface area contributed by atoms with Crippen LogP contribution in [0, 0.1) is 6.92 Å². The zero-order valence-electron chi connectivity index (χ0n) is 12.6. The number of unbranched alkanes of at least 4 members (excludes halogenated alkanes) is 7. The fourth-order valence-electron chi connectivity index (χ4n) is 2.42. The molecule has 0 saturated heterocycles. The van der Waals surface area contributed by atoms with Gasteiger partial charge in [0.1, 0.15) is 0 Å². The van der Waals surface area contributed by atoms with Gasteiger partial charge in [0.15, 0.2) is 5.43 Å². The summed E-state index contributed by atoms with van der Waals surface area (Å²) in [5.41, 5.74) is 2.07. The van der Waals surface area contributed by atoms with E-state index in [1.54, 1.807) is 0 Å². The van der Waals surface area contributed by atoms with Gasteiger partial charge in [-0.15, -0.1) is 0 Å². The molecule has 0 unspecified atom stereocenters. The smallest absolute Gasteiger partial charge is 0.184 e. The van der Waals surface area contributed by atoms with Crippen LogP contribution in [0.25, 0.3) is 0 Å². The first kappa shape index (κ1) is 15.9. The van der Waals surface area contributed by atoms with E-state index in [2.05, 4.69) is 6.92 Å². The minimum absolute atomic E-state index is 0.230. The van der Waals surface area contributed by atoms with Gasteiger partial charge in [-0.2, -0.15) is 0 Å². The van der Waals surface area contributed by atoms with Crippen LogP contribution in [-0.4, -0.2) is 0 Å². The van der Waals surface area contributed by atoms with Gasteiger partial charge in [-0.1, -0.05) is 76.1 Å². The van der Waals surface area contributed by atoms with E-state index >= 15 is 0 Å². The Balaban J connectivity index is 2.22. The molecule has 19 heavy (non-hydrogen) atoms. The molecule has 0 atom stereocenters. The van der Waals surface area contributed by atoms with Crippen LogP contribution in [0.5, 0.6) is 0 Å². The number of aryl methyl sites for hydroxylation is 2. The van der Waals surface area contributed by atoms with Gasteiger partial charge in [-0.25, -0.2) is 0 Å². The maximum absolute atomic E-state index is 12.0. The Morgan fingerprint density at radius 1 is 0.842 bits per heavy atom. The molecule has 1 aromatic rings. The Labute approximate surface area is 118 Å². The normalized spacial score (nSPS) is 10.6. The molecule has 0 aliphatic carbocycles. The minimum atomic E-state index is 0.230. The molecule has 1 aromatic carbocycles. The molecule has 0 bridgehead atoms. The third-order valence-electron chi connectivity index (χ3n) is 3.70. The van der Waals surface area contributed by atoms with Crippen LogP contribution < -0.4 is 5.43 Å². The van der Waals surface area contributed by atoms with Gasteiger partial charge in [-0.05, 0) is 30.9 Å². The molecule has 1 rings (SSSR count). The summed E-state index contributed by atoms with van der Waals surface area (Å²) >= 11 is 0. The Morgan fingerprint density at radius 2 is 1.42 bits per heavy atom. The highest BCUT2D eigenvalue weighted by Gasteiger charge is 2.00. The fourth-order valence-corrected chi connectivity index (χ4v) is 2.42. The Hall–Kier alpha value is -1.11. The molecule has 0 heterocycles. The Morgan fingerprint density at radius 3 is 2.11 bits per heavy atom. The zero-order valence-corrected chi connectivity index (χ0v) is 12.6. The molecule has 0 aliphatic rings. The standard InChI is InChI=1S/C18H28O/c1-3-4-5-6-7-8-9-10-14-17-15-12-11-13-16(2)18(17)19/h11-13,15H,3-10,14H2,1-2H3. The molecular weight excluding hydrogens is 232 g/mol. The molecule has 0 spiro atoms. The first-order valence-corrected chi connectivity index (χ1v) is 7.84. The van der Waals surface area contributed by atoms with Crippen molar-refractivity contribution in [1.29, 1.82) is 0 Å². The lowest BCUT2D eigenvalue weighted by molar-refractivity contribution is 0.575. The molecule has 0 N–H and O–H groups in total. The van der Waals surface area contributed by atoms with Crippen LogP contribution in [0.2, 0.25) is 0 Å². The van der Waals surface area contributed by atoms with E-state index < -0.39 is 0 Å². The van der Waals surface area contributed by atoms with Gasteiger partial charge < -0.3 is 0 Å². The monoisotopic (exact) mass is 260 g/mol. The summed E-state index contributed by atoms with van der Waals surface area (Å²) < 4.78 is 0. The quantitative estimate of drug-likeness (QED) is 0.569. The summed E-state index contributed by atoms with van der Waals surface area (Å²) in [6.45, 7) is 4.15. The van der Waals surface area contributed by atoms with Crippen molar-refractivity contribution < 1.29 is 0 Å². The fraction of sp³-hybridized carbons (Fsp3) is 0.611. The Kier molecular flexibility index (Phi) is 8.20. The number of hydrogen-bond acceptors (Lipinski definition) is 1. The van der Waals surface area contributed by atoms with Crippen molar-refractivity contribution in [3.8, 4) is 0 Å². The third kappa shape index (κ3) is 6.56. The maximum atomic E-state index is 12.0. The molecular formula is C18H28O. The van der Waals surface area contributed by atoms with Gasteiger partial charge >= 0.3 is 0 Å². The van der Waals surface area contributed by atoms with Crippen LogP contribution in [0.4, 0.5) is 0 Å². The maximum Gasteiger partial charge on any atom is 0.184 e. The molecule has 1 heteroatoms. The SMILES string of the molecule is CCCCCCCCCCc1ccccc(C)c1=O. The van der Waals surface area contributed by atoms with E-state index in [0.29, 0.717) is 0 Å². The molecule has 1 nitrogen and oxygen atoms in total. The summed E-state index contributed by atoms with van der Waals surface area (Å²) in [5.74, 6) is 0. The van der Waals surface area contributed by atoms with Crippen molar-refractivity contribution >= 4 is 0 Å². The molecule has 0 radical (unpaired) electrons. The van der Waals surface area contributed by atoms with Crippen molar-refractivity contribution in [1.82, 2.24) is 0 Å². The number of rotatable bonds is 9. The average Bonchev–Trinajstić information content (AvgIpc) is 2.57. The van der Waals surface area contributed by atoms with Crippen LogP contribution in [0.3, 0.4) is 0 Å². The highest BCUT2D eigenvalue weighted by molar-refractivity contribution is 5.21. The van der Waals surface area contributed by atoms with Crippen LogP contribution in [0.15, 0.2) is 29.1 Å². The lowest BCUT2D eigenvalue weighted by atomic mass is 10.0. The second-order valence-electron chi connectivity index (χ2n) is 5.48. The van der Waals surface area contributed by atoms with Crippen LogP contribution in [0.1, 0.15) is 69.4 Å². The average molecular weight is 260 g/mol. The molecule has 106 valence electrons. The predicted molar refractivity (Wildman–Crippen MR) is 83.8 cm³/mol. The van der Waals surface area contributed by atoms with E-state index in [4.69, 9.17) is 0 Å². The molecule has 0 fully saturated rings.